The normalized spacial score (nSPS) is 11.1. The largest absolute Gasteiger partial charge is 0.487 e. The molecule has 0 aliphatic heterocycles. The van der Waals surface area contributed by atoms with Crippen LogP contribution in [0, 0.1) is 28.7 Å². The van der Waals surface area contributed by atoms with E-state index in [1.807, 2.05) is 74.5 Å². The topological polar surface area (TPSA) is 62.1 Å². The zero-order valence-corrected chi connectivity index (χ0v) is 22.7. The number of nitriles is 1. The Morgan fingerprint density at radius 1 is 1.06 bits per heavy atom. The summed E-state index contributed by atoms with van der Waals surface area (Å²) in [5.41, 5.74) is 4.62. The van der Waals surface area contributed by atoms with E-state index in [2.05, 4.69) is 59.8 Å². The second-order valence-electron chi connectivity index (χ2n) is 7.15. The molecule has 32 heavy (non-hydrogen) atoms. The van der Waals surface area contributed by atoms with Crippen molar-refractivity contribution in [3.8, 4) is 11.8 Å². The van der Waals surface area contributed by atoms with Crippen LogP contribution in [0.2, 0.25) is 0 Å². The Morgan fingerprint density at radius 2 is 1.72 bits per heavy atom. The van der Waals surface area contributed by atoms with Crippen molar-refractivity contribution in [3.05, 3.63) is 94.9 Å². The molecule has 3 aromatic rings. The molecule has 0 atom stereocenters. The molecule has 1 N–H and O–H groups in total. The highest BCUT2D eigenvalue weighted by molar-refractivity contribution is 14.1. The molecule has 0 saturated carbocycles. The number of benzene rings is 3. The van der Waals surface area contributed by atoms with Crippen molar-refractivity contribution in [1.29, 1.82) is 5.26 Å². The molecule has 0 bridgehead atoms. The Kier molecular flexibility index (Phi) is 8.51. The number of nitrogens with one attached hydrogen (secondary N) is 1. The first kappa shape index (κ1) is 24.5. The van der Waals surface area contributed by atoms with Crippen molar-refractivity contribution in [3.63, 3.8) is 0 Å². The first-order chi connectivity index (χ1) is 15.3. The van der Waals surface area contributed by atoms with Crippen molar-refractivity contribution < 1.29 is 9.53 Å². The molecule has 162 valence electrons. The van der Waals surface area contributed by atoms with Crippen LogP contribution in [-0.4, -0.2) is 5.91 Å². The molecule has 0 heterocycles. The first-order valence-electron chi connectivity index (χ1n) is 9.63. The number of hydrogen-bond acceptors (Lipinski definition) is 3. The van der Waals surface area contributed by atoms with Gasteiger partial charge in [0.05, 0.1) is 8.95 Å². The van der Waals surface area contributed by atoms with Gasteiger partial charge in [0, 0.05) is 9.26 Å². The number of hydrogen-bond donors (Lipinski definition) is 1. The molecule has 0 saturated heterocycles. The average molecular weight is 666 g/mol. The van der Waals surface area contributed by atoms with Crippen molar-refractivity contribution in [2.75, 3.05) is 5.32 Å². The smallest absolute Gasteiger partial charge is 0.266 e. The number of ether oxygens (including phenoxy) is 1. The number of carbonyl (C=O) groups is 1. The second-order valence-corrected chi connectivity index (χ2v) is 10.1. The van der Waals surface area contributed by atoms with Gasteiger partial charge in [-0.1, -0.05) is 18.2 Å². The van der Waals surface area contributed by atoms with E-state index in [-0.39, 0.29) is 5.57 Å². The zero-order valence-electron chi connectivity index (χ0n) is 17.4. The molecule has 4 nitrogen and oxygen atoms in total. The van der Waals surface area contributed by atoms with Gasteiger partial charge in [-0.15, -0.1) is 0 Å². The molecule has 0 aromatic heterocycles. The molecule has 0 spiro atoms. The molecule has 0 aliphatic carbocycles. The average Bonchev–Trinajstić information content (AvgIpc) is 2.75. The number of nitrogens with zero attached hydrogens (tertiary/aromatic N) is 1. The summed E-state index contributed by atoms with van der Waals surface area (Å²) in [6, 6.07) is 19.4. The van der Waals surface area contributed by atoms with E-state index in [0.717, 1.165) is 25.6 Å². The summed E-state index contributed by atoms with van der Waals surface area (Å²) in [4.78, 5) is 12.6. The summed E-state index contributed by atoms with van der Waals surface area (Å²) in [5.74, 6) is 0.195. The number of aryl methyl sites for hydroxylation is 2. The maximum Gasteiger partial charge on any atom is 0.266 e. The minimum atomic E-state index is -0.456. The standard InChI is InChI=1S/C25H19Br2IN2O2/c1-15-3-8-21(9-16(15)2)30-25(31)19(13-29)10-18-11-22(26)24(23(27)12-18)32-14-17-4-6-20(28)7-5-17/h3-12H,14H2,1-2H3,(H,30,31)/b19-10+. The Bertz CT molecular complexity index is 1210. The van der Waals surface area contributed by atoms with E-state index in [1.165, 1.54) is 3.57 Å². The monoisotopic (exact) mass is 664 g/mol. The lowest BCUT2D eigenvalue weighted by Gasteiger charge is -2.12. The molecule has 3 rings (SSSR count). The van der Waals surface area contributed by atoms with Crippen LogP contribution >= 0.6 is 54.5 Å². The van der Waals surface area contributed by atoms with Crippen molar-refractivity contribution in [2.24, 2.45) is 0 Å². The van der Waals surface area contributed by atoms with Gasteiger partial charge in [0.1, 0.15) is 24.0 Å². The van der Waals surface area contributed by atoms with Crippen LogP contribution in [0.15, 0.2) is 69.1 Å². The van der Waals surface area contributed by atoms with Crippen LogP contribution in [0.4, 0.5) is 5.69 Å². The predicted octanol–water partition coefficient (Wildman–Crippen LogP) is 7.56. The third kappa shape index (κ3) is 6.44. The van der Waals surface area contributed by atoms with Gasteiger partial charge in [0.25, 0.3) is 5.91 Å². The van der Waals surface area contributed by atoms with Crippen LogP contribution in [0.1, 0.15) is 22.3 Å². The second kappa shape index (κ2) is 11.1. The van der Waals surface area contributed by atoms with Crippen molar-refractivity contribution in [1.82, 2.24) is 0 Å². The fraction of sp³-hybridized carbons (Fsp3) is 0.120. The third-order valence-corrected chi connectivity index (χ3v) is 6.66. The minimum absolute atomic E-state index is 0.00887. The fourth-order valence-electron chi connectivity index (χ4n) is 2.87. The van der Waals surface area contributed by atoms with Gasteiger partial charge < -0.3 is 10.1 Å². The SMILES string of the molecule is Cc1ccc(NC(=O)/C(C#N)=C/c2cc(Br)c(OCc3ccc(I)cc3)c(Br)c2)cc1C. The van der Waals surface area contributed by atoms with Crippen LogP contribution in [0.5, 0.6) is 5.75 Å². The molecule has 1 amide bonds. The maximum absolute atomic E-state index is 12.6. The summed E-state index contributed by atoms with van der Waals surface area (Å²) < 4.78 is 8.57. The van der Waals surface area contributed by atoms with Gasteiger partial charge in [0.15, 0.2) is 0 Å². The summed E-state index contributed by atoms with van der Waals surface area (Å²) in [6.45, 7) is 4.40. The molecular weight excluding hydrogens is 647 g/mol. The third-order valence-electron chi connectivity index (χ3n) is 4.76. The number of anilines is 1. The summed E-state index contributed by atoms with van der Waals surface area (Å²) in [5, 5.41) is 12.3. The van der Waals surface area contributed by atoms with Gasteiger partial charge in [-0.2, -0.15) is 5.26 Å². The van der Waals surface area contributed by atoms with E-state index in [0.29, 0.717) is 23.6 Å². The van der Waals surface area contributed by atoms with E-state index >= 15 is 0 Å². The van der Waals surface area contributed by atoms with Gasteiger partial charge in [-0.3, -0.25) is 4.79 Å². The number of carbonyl (C=O) groups excluding carboxylic acids is 1. The molecular formula is C25H19Br2IN2O2. The van der Waals surface area contributed by atoms with E-state index in [1.54, 1.807) is 6.08 Å². The Balaban J connectivity index is 1.77. The maximum atomic E-state index is 12.6. The van der Waals surface area contributed by atoms with E-state index in [9.17, 15) is 10.1 Å². The highest BCUT2D eigenvalue weighted by atomic mass is 127. The van der Waals surface area contributed by atoms with Crippen molar-refractivity contribution >= 4 is 72.1 Å². The number of halogens is 3. The van der Waals surface area contributed by atoms with Crippen LogP contribution in [0.3, 0.4) is 0 Å². The zero-order chi connectivity index (χ0) is 23.3. The molecule has 3 aromatic carbocycles. The molecule has 0 radical (unpaired) electrons. The number of rotatable bonds is 6. The Labute approximate surface area is 218 Å². The van der Waals surface area contributed by atoms with Gasteiger partial charge >= 0.3 is 0 Å². The highest BCUT2D eigenvalue weighted by Gasteiger charge is 2.13. The lowest BCUT2D eigenvalue weighted by molar-refractivity contribution is -0.112. The van der Waals surface area contributed by atoms with Gasteiger partial charge in [-0.05, 0) is 133 Å². The lowest BCUT2D eigenvalue weighted by atomic mass is 10.1. The number of amides is 1. The molecule has 7 heteroatoms. The molecule has 0 fully saturated rings. The first-order valence-corrected chi connectivity index (χ1v) is 12.3. The fourth-order valence-corrected chi connectivity index (χ4v) is 4.68. The van der Waals surface area contributed by atoms with Crippen LogP contribution in [0.25, 0.3) is 6.08 Å². The lowest BCUT2D eigenvalue weighted by Crippen LogP contribution is -2.13. The van der Waals surface area contributed by atoms with Crippen LogP contribution in [-0.2, 0) is 11.4 Å². The quantitative estimate of drug-likeness (QED) is 0.168. The van der Waals surface area contributed by atoms with Crippen molar-refractivity contribution in [2.45, 2.75) is 20.5 Å². The van der Waals surface area contributed by atoms with E-state index < -0.39 is 5.91 Å². The Morgan fingerprint density at radius 3 is 2.31 bits per heavy atom. The van der Waals surface area contributed by atoms with Crippen LogP contribution < -0.4 is 10.1 Å². The van der Waals surface area contributed by atoms with Gasteiger partial charge in [-0.25, -0.2) is 0 Å². The highest BCUT2D eigenvalue weighted by Crippen LogP contribution is 2.36. The molecule has 0 aliphatic rings. The van der Waals surface area contributed by atoms with Gasteiger partial charge in [0.2, 0.25) is 0 Å². The minimum Gasteiger partial charge on any atom is -0.487 e. The Hall–Kier alpha value is -2.15. The predicted molar refractivity (Wildman–Crippen MR) is 143 cm³/mol. The molecule has 0 unspecified atom stereocenters. The summed E-state index contributed by atoms with van der Waals surface area (Å²) >= 11 is 9.33. The summed E-state index contributed by atoms with van der Waals surface area (Å²) in [6.07, 6.45) is 1.55. The summed E-state index contributed by atoms with van der Waals surface area (Å²) in [7, 11) is 0. The van der Waals surface area contributed by atoms with E-state index in [4.69, 9.17) is 4.74 Å².